The summed E-state index contributed by atoms with van der Waals surface area (Å²) in [6.45, 7) is 1.78. The summed E-state index contributed by atoms with van der Waals surface area (Å²) in [4.78, 5) is 16.2. The molecule has 0 bridgehead atoms. The van der Waals surface area contributed by atoms with Crippen LogP contribution in [0, 0.1) is 6.92 Å². The molecular weight excluding hydrogens is 176 g/mol. The Balaban J connectivity index is 3.05. The quantitative estimate of drug-likeness (QED) is 0.579. The molecule has 0 saturated heterocycles. The maximum Gasteiger partial charge on any atom is 0.282 e. The minimum Gasteiger partial charge on any atom is -0.298 e. The highest BCUT2D eigenvalue weighted by Gasteiger charge is 2.07. The molecule has 0 atom stereocenters. The third-order valence-corrected chi connectivity index (χ3v) is 2.35. The summed E-state index contributed by atoms with van der Waals surface area (Å²) < 4.78 is 5.12. The van der Waals surface area contributed by atoms with E-state index in [0.717, 1.165) is 11.5 Å². The summed E-state index contributed by atoms with van der Waals surface area (Å²) in [7, 11) is 1.67. The largest absolute Gasteiger partial charge is 0.298 e. The fourth-order valence-corrected chi connectivity index (χ4v) is 1.51. The monoisotopic (exact) mass is 182 g/mol. The standard InChI is InChI=1S/C6H6N4OS/c1-3-7-5-4(8-9-12-5)6(11)10(3)2/h1-2H3. The topological polar surface area (TPSA) is 60.7 Å². The van der Waals surface area contributed by atoms with Gasteiger partial charge in [0.1, 0.15) is 5.82 Å². The lowest BCUT2D eigenvalue weighted by molar-refractivity contribution is 0.790. The number of aromatic nitrogens is 4. The molecule has 2 aromatic heterocycles. The van der Waals surface area contributed by atoms with Crippen LogP contribution in [0.25, 0.3) is 10.3 Å². The Morgan fingerprint density at radius 3 is 3.00 bits per heavy atom. The molecule has 0 radical (unpaired) electrons. The molecule has 0 spiro atoms. The van der Waals surface area contributed by atoms with Crippen LogP contribution < -0.4 is 5.56 Å². The Morgan fingerprint density at radius 1 is 1.50 bits per heavy atom. The fourth-order valence-electron chi connectivity index (χ4n) is 0.921. The molecule has 0 amide bonds. The molecule has 2 rings (SSSR count). The van der Waals surface area contributed by atoms with E-state index >= 15 is 0 Å². The Labute approximate surface area is 71.8 Å². The Bertz CT molecular complexity index is 486. The molecule has 12 heavy (non-hydrogen) atoms. The van der Waals surface area contributed by atoms with Crippen LogP contribution in [-0.2, 0) is 7.05 Å². The molecule has 0 aliphatic carbocycles. The van der Waals surface area contributed by atoms with Gasteiger partial charge in [-0.1, -0.05) is 4.49 Å². The van der Waals surface area contributed by atoms with Crippen LogP contribution in [0.5, 0.6) is 0 Å². The van der Waals surface area contributed by atoms with Crippen LogP contribution in [0.4, 0.5) is 0 Å². The summed E-state index contributed by atoms with van der Waals surface area (Å²) in [5.41, 5.74) is 0.222. The van der Waals surface area contributed by atoms with Gasteiger partial charge in [-0.2, -0.15) is 0 Å². The van der Waals surface area contributed by atoms with Gasteiger partial charge in [-0.15, -0.1) is 5.10 Å². The number of hydrogen-bond acceptors (Lipinski definition) is 5. The van der Waals surface area contributed by atoms with Crippen molar-refractivity contribution < 1.29 is 0 Å². The van der Waals surface area contributed by atoms with Gasteiger partial charge in [0.25, 0.3) is 5.56 Å². The normalized spacial score (nSPS) is 10.8. The molecule has 62 valence electrons. The Morgan fingerprint density at radius 2 is 2.25 bits per heavy atom. The van der Waals surface area contributed by atoms with Crippen LogP contribution in [-0.4, -0.2) is 19.1 Å². The fraction of sp³-hybridized carbons (Fsp3) is 0.333. The van der Waals surface area contributed by atoms with Crippen LogP contribution >= 0.6 is 11.5 Å². The summed E-state index contributed by atoms with van der Waals surface area (Å²) >= 11 is 1.14. The van der Waals surface area contributed by atoms with E-state index < -0.39 is 0 Å². The Hall–Kier alpha value is -1.30. The van der Waals surface area contributed by atoms with Gasteiger partial charge in [0, 0.05) is 18.6 Å². The van der Waals surface area contributed by atoms with Crippen molar-refractivity contribution in [3.63, 3.8) is 0 Å². The van der Waals surface area contributed by atoms with Crippen molar-refractivity contribution in [1.82, 2.24) is 19.1 Å². The molecule has 0 aliphatic rings. The Kier molecular flexibility index (Phi) is 1.44. The molecule has 5 nitrogen and oxygen atoms in total. The first-order valence-electron chi connectivity index (χ1n) is 3.36. The maximum absolute atomic E-state index is 11.4. The molecule has 0 fully saturated rings. The molecule has 2 heterocycles. The minimum absolute atomic E-state index is 0.133. The maximum atomic E-state index is 11.4. The van der Waals surface area contributed by atoms with Crippen molar-refractivity contribution in [3.8, 4) is 0 Å². The van der Waals surface area contributed by atoms with Gasteiger partial charge in [-0.05, 0) is 6.92 Å². The second-order valence-electron chi connectivity index (χ2n) is 2.45. The second-order valence-corrected chi connectivity index (χ2v) is 3.18. The lowest BCUT2D eigenvalue weighted by Crippen LogP contribution is -2.20. The van der Waals surface area contributed by atoms with Crippen molar-refractivity contribution in [3.05, 3.63) is 16.2 Å². The summed E-state index contributed by atoms with van der Waals surface area (Å²) in [6, 6.07) is 0. The lowest BCUT2D eigenvalue weighted by atomic mass is 10.5. The summed E-state index contributed by atoms with van der Waals surface area (Å²) in [6.07, 6.45) is 0. The van der Waals surface area contributed by atoms with Gasteiger partial charge < -0.3 is 0 Å². The minimum atomic E-state index is -0.133. The van der Waals surface area contributed by atoms with Crippen molar-refractivity contribution in [1.29, 1.82) is 0 Å². The molecule has 6 heteroatoms. The van der Waals surface area contributed by atoms with E-state index in [1.165, 1.54) is 4.57 Å². The molecule has 2 aromatic rings. The van der Waals surface area contributed by atoms with E-state index in [-0.39, 0.29) is 5.56 Å². The predicted molar refractivity (Wildman–Crippen MR) is 45.2 cm³/mol. The molecular formula is C6H6N4OS. The highest BCUT2D eigenvalue weighted by atomic mass is 32.1. The van der Waals surface area contributed by atoms with Gasteiger partial charge in [0.05, 0.1) is 0 Å². The van der Waals surface area contributed by atoms with Crippen LogP contribution in [0.2, 0.25) is 0 Å². The SMILES string of the molecule is Cc1nc2snnc2c(=O)n1C. The zero-order valence-electron chi connectivity index (χ0n) is 6.61. The van der Waals surface area contributed by atoms with E-state index in [4.69, 9.17) is 0 Å². The van der Waals surface area contributed by atoms with Gasteiger partial charge >= 0.3 is 0 Å². The second kappa shape index (κ2) is 2.34. The van der Waals surface area contributed by atoms with Crippen molar-refractivity contribution in [2.24, 2.45) is 7.05 Å². The van der Waals surface area contributed by atoms with Gasteiger partial charge in [-0.25, -0.2) is 4.98 Å². The van der Waals surface area contributed by atoms with E-state index in [9.17, 15) is 4.79 Å². The van der Waals surface area contributed by atoms with Crippen molar-refractivity contribution in [2.45, 2.75) is 6.92 Å². The van der Waals surface area contributed by atoms with Crippen LogP contribution in [0.15, 0.2) is 4.79 Å². The number of rotatable bonds is 0. The van der Waals surface area contributed by atoms with Gasteiger partial charge in [0.15, 0.2) is 10.3 Å². The van der Waals surface area contributed by atoms with Crippen LogP contribution in [0.3, 0.4) is 0 Å². The lowest BCUT2D eigenvalue weighted by Gasteiger charge is -1.98. The average Bonchev–Trinajstić information content (AvgIpc) is 2.48. The van der Waals surface area contributed by atoms with Crippen LogP contribution in [0.1, 0.15) is 5.82 Å². The average molecular weight is 182 g/mol. The highest BCUT2D eigenvalue weighted by molar-refractivity contribution is 7.12. The highest BCUT2D eigenvalue weighted by Crippen LogP contribution is 2.07. The molecule has 0 N–H and O–H groups in total. The number of nitrogens with zero attached hydrogens (tertiary/aromatic N) is 4. The van der Waals surface area contributed by atoms with E-state index in [0.29, 0.717) is 16.2 Å². The summed E-state index contributed by atoms with van der Waals surface area (Å²) in [5, 5.41) is 3.69. The number of aryl methyl sites for hydroxylation is 1. The predicted octanol–water partition coefficient (Wildman–Crippen LogP) is 0.0934. The number of hydrogen-bond donors (Lipinski definition) is 0. The molecule has 0 saturated carbocycles. The van der Waals surface area contributed by atoms with Gasteiger partial charge in [0.2, 0.25) is 0 Å². The van der Waals surface area contributed by atoms with E-state index in [1.54, 1.807) is 14.0 Å². The molecule has 0 unspecified atom stereocenters. The van der Waals surface area contributed by atoms with Crippen molar-refractivity contribution in [2.75, 3.05) is 0 Å². The first kappa shape index (κ1) is 7.35. The molecule has 0 aliphatic heterocycles. The van der Waals surface area contributed by atoms with E-state index in [1.807, 2.05) is 0 Å². The summed E-state index contributed by atoms with van der Waals surface area (Å²) in [5.74, 6) is 0.679. The first-order valence-corrected chi connectivity index (χ1v) is 4.13. The van der Waals surface area contributed by atoms with Crippen molar-refractivity contribution >= 4 is 21.9 Å². The zero-order valence-corrected chi connectivity index (χ0v) is 7.42. The zero-order chi connectivity index (χ0) is 8.72. The van der Waals surface area contributed by atoms with Gasteiger partial charge in [-0.3, -0.25) is 9.36 Å². The van der Waals surface area contributed by atoms with E-state index in [2.05, 4.69) is 14.6 Å². The third-order valence-electron chi connectivity index (χ3n) is 1.73. The molecule has 0 aromatic carbocycles. The first-order chi connectivity index (χ1) is 5.70. The number of fused-ring (bicyclic) bond motifs is 1. The smallest absolute Gasteiger partial charge is 0.282 e. The third kappa shape index (κ3) is 0.845.